The van der Waals surface area contributed by atoms with Crippen molar-refractivity contribution in [2.75, 3.05) is 12.0 Å². The summed E-state index contributed by atoms with van der Waals surface area (Å²) in [6, 6.07) is 4.44. The zero-order valence-electron chi connectivity index (χ0n) is 15.2. The van der Waals surface area contributed by atoms with Gasteiger partial charge in [0, 0.05) is 23.0 Å². The van der Waals surface area contributed by atoms with Crippen molar-refractivity contribution in [1.82, 2.24) is 24.5 Å². The van der Waals surface area contributed by atoms with Crippen molar-refractivity contribution in [2.24, 2.45) is 5.92 Å². The van der Waals surface area contributed by atoms with Gasteiger partial charge in [-0.15, -0.1) is 11.8 Å². The van der Waals surface area contributed by atoms with E-state index >= 15 is 0 Å². The first-order valence-corrected chi connectivity index (χ1v) is 10.3. The van der Waals surface area contributed by atoms with Crippen molar-refractivity contribution in [1.29, 1.82) is 0 Å². The van der Waals surface area contributed by atoms with Gasteiger partial charge in [-0.25, -0.2) is 14.5 Å². The number of hydrogen-bond donors (Lipinski definition) is 1. The molecule has 1 fully saturated rings. The number of carbonyl (C=O) groups excluding carboxylic acids is 1. The van der Waals surface area contributed by atoms with Crippen LogP contribution in [0.25, 0.3) is 16.9 Å². The molecule has 1 aliphatic carbocycles. The molecule has 0 radical (unpaired) electrons. The van der Waals surface area contributed by atoms with Crippen LogP contribution in [-0.4, -0.2) is 42.7 Å². The Kier molecular flexibility index (Phi) is 3.65. The van der Waals surface area contributed by atoms with Gasteiger partial charge in [0.1, 0.15) is 6.33 Å². The highest BCUT2D eigenvalue weighted by molar-refractivity contribution is 7.98. The zero-order chi connectivity index (χ0) is 18.7. The molecule has 27 heavy (non-hydrogen) atoms. The lowest BCUT2D eigenvalue weighted by atomic mass is 10.0. The molecule has 2 N–H and O–H groups in total. The molecule has 0 unspecified atom stereocenters. The van der Waals surface area contributed by atoms with Crippen LogP contribution in [0.2, 0.25) is 0 Å². The Morgan fingerprint density at radius 1 is 1.30 bits per heavy atom. The fraction of sp³-hybridized carbons (Fsp3) is 0.368. The summed E-state index contributed by atoms with van der Waals surface area (Å²) < 4.78 is 1.70. The van der Waals surface area contributed by atoms with Crippen LogP contribution in [0.4, 0.5) is 5.82 Å². The van der Waals surface area contributed by atoms with Gasteiger partial charge < -0.3 is 10.6 Å². The summed E-state index contributed by atoms with van der Waals surface area (Å²) in [5.74, 6) is 1.16. The number of aromatic nitrogens is 4. The molecule has 138 valence electrons. The van der Waals surface area contributed by atoms with E-state index < -0.39 is 0 Å². The van der Waals surface area contributed by atoms with Crippen molar-refractivity contribution in [3.63, 3.8) is 0 Å². The predicted octanol–water partition coefficient (Wildman–Crippen LogP) is 2.85. The number of anilines is 1. The predicted molar refractivity (Wildman–Crippen MR) is 104 cm³/mol. The maximum atomic E-state index is 13.1. The Labute approximate surface area is 161 Å². The topological polar surface area (TPSA) is 89.4 Å². The molecular formula is C19H20N6OS. The van der Waals surface area contributed by atoms with E-state index in [1.807, 2.05) is 11.2 Å². The second-order valence-electron chi connectivity index (χ2n) is 7.25. The first-order chi connectivity index (χ1) is 13.1. The molecule has 1 amide bonds. The third-order valence-corrected chi connectivity index (χ3v) is 6.40. The summed E-state index contributed by atoms with van der Waals surface area (Å²) in [4.78, 5) is 24.4. The lowest BCUT2D eigenvalue weighted by molar-refractivity contribution is 0.0695. The van der Waals surface area contributed by atoms with E-state index in [9.17, 15) is 4.79 Å². The number of nitrogen functional groups attached to an aromatic ring is 1. The maximum Gasteiger partial charge on any atom is 0.255 e. The molecule has 1 atom stereocenters. The molecular weight excluding hydrogens is 360 g/mol. The van der Waals surface area contributed by atoms with Crippen LogP contribution in [0.5, 0.6) is 0 Å². The van der Waals surface area contributed by atoms with Gasteiger partial charge in [-0.05, 0) is 49.6 Å². The van der Waals surface area contributed by atoms with Crippen LogP contribution in [0.1, 0.15) is 35.7 Å². The Morgan fingerprint density at radius 2 is 2.11 bits per heavy atom. The molecule has 8 heteroatoms. The minimum absolute atomic E-state index is 0.157. The number of imidazole rings is 1. The smallest absolute Gasteiger partial charge is 0.255 e. The van der Waals surface area contributed by atoms with E-state index in [0.29, 0.717) is 30.0 Å². The van der Waals surface area contributed by atoms with Gasteiger partial charge in [0.25, 0.3) is 5.91 Å². The minimum atomic E-state index is 0.157. The second kappa shape index (κ2) is 5.95. The summed E-state index contributed by atoms with van der Waals surface area (Å²) in [6.45, 7) is 2.84. The Hall–Kier alpha value is -2.61. The molecule has 7 nitrogen and oxygen atoms in total. The lowest BCUT2D eigenvalue weighted by Gasteiger charge is -2.24. The summed E-state index contributed by atoms with van der Waals surface area (Å²) >= 11 is 1.60. The van der Waals surface area contributed by atoms with Crippen molar-refractivity contribution in [3.8, 4) is 11.3 Å². The van der Waals surface area contributed by atoms with Crippen molar-refractivity contribution in [2.45, 2.75) is 37.2 Å². The Morgan fingerprint density at radius 3 is 2.85 bits per heavy atom. The SMILES string of the molecule is CSc1cc(-c2cnc3c(N)ncnn23)cc2c1C(=O)N([C@@H](C)C1CC1)C2. The van der Waals surface area contributed by atoms with E-state index in [1.165, 1.54) is 19.2 Å². The quantitative estimate of drug-likeness (QED) is 0.700. The van der Waals surface area contributed by atoms with Crippen LogP contribution >= 0.6 is 11.8 Å². The molecule has 1 aliphatic heterocycles. The number of benzene rings is 1. The summed E-state index contributed by atoms with van der Waals surface area (Å²) in [5, 5.41) is 4.30. The van der Waals surface area contributed by atoms with Crippen LogP contribution in [0, 0.1) is 5.92 Å². The van der Waals surface area contributed by atoms with E-state index in [1.54, 1.807) is 22.5 Å². The van der Waals surface area contributed by atoms with E-state index in [2.05, 4.69) is 34.1 Å². The molecule has 5 rings (SSSR count). The molecule has 2 aliphatic rings. The maximum absolute atomic E-state index is 13.1. The van der Waals surface area contributed by atoms with Gasteiger partial charge in [0.05, 0.1) is 17.5 Å². The number of hydrogen-bond acceptors (Lipinski definition) is 6. The number of nitrogens with two attached hydrogens (primary N) is 1. The summed E-state index contributed by atoms with van der Waals surface area (Å²) in [5.41, 5.74) is 10.2. The molecule has 0 spiro atoms. The number of fused-ring (bicyclic) bond motifs is 2. The molecule has 3 heterocycles. The van der Waals surface area contributed by atoms with Crippen LogP contribution < -0.4 is 5.73 Å². The monoisotopic (exact) mass is 380 g/mol. The van der Waals surface area contributed by atoms with Crippen molar-refractivity contribution in [3.05, 3.63) is 35.8 Å². The normalized spacial score (nSPS) is 17.6. The number of amides is 1. The largest absolute Gasteiger partial charge is 0.381 e. The third-order valence-electron chi connectivity index (χ3n) is 5.64. The Balaban J connectivity index is 1.62. The summed E-state index contributed by atoms with van der Waals surface area (Å²) in [7, 11) is 0. The fourth-order valence-corrected chi connectivity index (χ4v) is 4.61. The number of carbonyl (C=O) groups is 1. The highest BCUT2D eigenvalue weighted by Crippen LogP contribution is 2.41. The highest BCUT2D eigenvalue weighted by atomic mass is 32.2. The molecule has 1 aromatic carbocycles. The van der Waals surface area contributed by atoms with Gasteiger partial charge in [0.15, 0.2) is 11.5 Å². The van der Waals surface area contributed by atoms with Gasteiger partial charge in [-0.2, -0.15) is 5.10 Å². The van der Waals surface area contributed by atoms with Gasteiger partial charge in [0.2, 0.25) is 0 Å². The molecule has 0 saturated heterocycles. The number of thioether (sulfide) groups is 1. The average Bonchev–Trinajstić information content (AvgIpc) is 3.34. The van der Waals surface area contributed by atoms with Crippen molar-refractivity contribution < 1.29 is 4.79 Å². The molecule has 3 aromatic rings. The van der Waals surface area contributed by atoms with Crippen LogP contribution in [-0.2, 0) is 6.54 Å². The van der Waals surface area contributed by atoms with Gasteiger partial charge in [-0.3, -0.25) is 4.79 Å². The number of rotatable bonds is 4. The average molecular weight is 380 g/mol. The highest BCUT2D eigenvalue weighted by Gasteiger charge is 2.39. The summed E-state index contributed by atoms with van der Waals surface area (Å²) in [6.07, 6.45) is 7.65. The van der Waals surface area contributed by atoms with Crippen LogP contribution in [0.15, 0.2) is 29.6 Å². The lowest BCUT2D eigenvalue weighted by Crippen LogP contribution is -2.34. The number of nitrogens with zero attached hydrogens (tertiary/aromatic N) is 5. The zero-order valence-corrected chi connectivity index (χ0v) is 16.0. The van der Waals surface area contributed by atoms with Crippen LogP contribution in [0.3, 0.4) is 0 Å². The Bertz CT molecular complexity index is 1070. The first-order valence-electron chi connectivity index (χ1n) is 9.05. The third kappa shape index (κ3) is 2.50. The standard InChI is InChI=1S/C19H20N6OS/c1-10(11-3-4-11)24-8-13-5-12(6-15(27-2)16(13)19(24)26)14-7-21-18-17(20)22-9-23-25(14)18/h5-7,9-11H,3-4,8H2,1-2H3,(H2,20,22,23)/t10-/m0/s1. The van der Waals surface area contributed by atoms with E-state index in [4.69, 9.17) is 5.73 Å². The first kappa shape index (κ1) is 16.6. The van der Waals surface area contributed by atoms with E-state index in [0.717, 1.165) is 27.3 Å². The van der Waals surface area contributed by atoms with Gasteiger partial charge in [-0.1, -0.05) is 0 Å². The molecule has 1 saturated carbocycles. The fourth-order valence-electron chi connectivity index (χ4n) is 3.94. The molecule has 2 aromatic heterocycles. The molecule has 0 bridgehead atoms. The van der Waals surface area contributed by atoms with E-state index in [-0.39, 0.29) is 5.91 Å². The minimum Gasteiger partial charge on any atom is -0.381 e. The second-order valence-corrected chi connectivity index (χ2v) is 8.10. The van der Waals surface area contributed by atoms with Gasteiger partial charge >= 0.3 is 0 Å². The van der Waals surface area contributed by atoms with Crippen molar-refractivity contribution >= 4 is 29.1 Å².